The van der Waals surface area contributed by atoms with E-state index < -0.39 is 0 Å². The predicted octanol–water partition coefficient (Wildman–Crippen LogP) is 2.45. The fourth-order valence-electron chi connectivity index (χ4n) is 2.47. The molecule has 2 rings (SSSR count). The third kappa shape index (κ3) is 2.75. The highest BCUT2D eigenvalue weighted by Gasteiger charge is 2.33. The average molecular weight is 249 g/mol. The molecule has 1 saturated carbocycles. The molecule has 0 amide bonds. The molecule has 0 saturated heterocycles. The molecule has 0 radical (unpaired) electrons. The van der Waals surface area contributed by atoms with E-state index in [0.717, 1.165) is 30.7 Å². The number of hydrogen-bond donors (Lipinski definition) is 1. The third-order valence-corrected chi connectivity index (χ3v) is 3.46. The summed E-state index contributed by atoms with van der Waals surface area (Å²) >= 11 is 0. The van der Waals surface area contributed by atoms with Crippen LogP contribution < -0.4 is 10.1 Å². The van der Waals surface area contributed by atoms with Gasteiger partial charge in [0.15, 0.2) is 0 Å². The van der Waals surface area contributed by atoms with E-state index in [9.17, 15) is 4.79 Å². The van der Waals surface area contributed by atoms with Crippen molar-refractivity contribution in [1.29, 1.82) is 0 Å². The summed E-state index contributed by atoms with van der Waals surface area (Å²) < 4.78 is 9.95. The molecule has 0 spiro atoms. The van der Waals surface area contributed by atoms with Gasteiger partial charge in [0.2, 0.25) is 0 Å². The van der Waals surface area contributed by atoms with Gasteiger partial charge in [-0.15, -0.1) is 0 Å². The first-order valence-electron chi connectivity index (χ1n) is 6.23. The smallest absolute Gasteiger partial charge is 0.310 e. The van der Waals surface area contributed by atoms with Crippen molar-refractivity contribution in [2.24, 2.45) is 5.92 Å². The molecule has 0 bridgehead atoms. The van der Waals surface area contributed by atoms with Crippen LogP contribution in [0.5, 0.6) is 5.75 Å². The molecule has 4 heteroatoms. The normalized spacial score (nSPS) is 22.6. The first kappa shape index (κ1) is 12.7. The number of ether oxygens (including phenoxy) is 2. The Balaban J connectivity index is 2.01. The number of methoxy groups -OCH3 is 2. The second-order valence-corrected chi connectivity index (χ2v) is 4.54. The van der Waals surface area contributed by atoms with Gasteiger partial charge in [0.1, 0.15) is 5.75 Å². The van der Waals surface area contributed by atoms with Gasteiger partial charge in [0.25, 0.3) is 0 Å². The van der Waals surface area contributed by atoms with Crippen LogP contribution in [-0.2, 0) is 9.53 Å². The van der Waals surface area contributed by atoms with Crippen LogP contribution in [0.4, 0.5) is 5.69 Å². The van der Waals surface area contributed by atoms with Crippen molar-refractivity contribution in [3.8, 4) is 5.75 Å². The first-order chi connectivity index (χ1) is 8.74. The number of carbonyl (C=O) groups excluding carboxylic acids is 1. The molecule has 4 nitrogen and oxygen atoms in total. The summed E-state index contributed by atoms with van der Waals surface area (Å²) in [7, 11) is 3.10. The Kier molecular flexibility index (Phi) is 4.07. The van der Waals surface area contributed by atoms with E-state index in [0.29, 0.717) is 0 Å². The van der Waals surface area contributed by atoms with Gasteiger partial charge < -0.3 is 14.8 Å². The van der Waals surface area contributed by atoms with Crippen molar-refractivity contribution >= 4 is 11.7 Å². The van der Waals surface area contributed by atoms with Crippen LogP contribution in [0.15, 0.2) is 24.3 Å². The van der Waals surface area contributed by atoms with Crippen LogP contribution in [0.3, 0.4) is 0 Å². The van der Waals surface area contributed by atoms with E-state index in [1.54, 1.807) is 7.11 Å². The topological polar surface area (TPSA) is 47.6 Å². The zero-order valence-electron chi connectivity index (χ0n) is 10.8. The van der Waals surface area contributed by atoms with E-state index in [2.05, 4.69) is 5.32 Å². The molecule has 1 aromatic carbocycles. The van der Waals surface area contributed by atoms with E-state index in [4.69, 9.17) is 9.47 Å². The number of hydrogen-bond acceptors (Lipinski definition) is 4. The van der Waals surface area contributed by atoms with Gasteiger partial charge in [-0.1, -0.05) is 6.42 Å². The molecular formula is C14H19NO3. The average Bonchev–Trinajstić information content (AvgIpc) is 2.87. The minimum atomic E-state index is -0.112. The summed E-state index contributed by atoms with van der Waals surface area (Å²) in [6, 6.07) is 7.91. The molecule has 0 aliphatic heterocycles. The third-order valence-electron chi connectivity index (χ3n) is 3.46. The standard InChI is InChI=1S/C14H19NO3/c1-17-11-8-6-10(7-9-11)15-13-5-3-4-12(13)14(16)18-2/h6-9,12-13,15H,3-5H2,1-2H3/t12-,13+/m1/s1. The highest BCUT2D eigenvalue weighted by molar-refractivity contribution is 5.74. The molecule has 0 heterocycles. The summed E-state index contributed by atoms with van der Waals surface area (Å²) in [6.45, 7) is 0. The zero-order chi connectivity index (χ0) is 13.0. The van der Waals surface area contributed by atoms with Crippen LogP contribution >= 0.6 is 0 Å². The van der Waals surface area contributed by atoms with E-state index in [1.165, 1.54) is 7.11 Å². The van der Waals surface area contributed by atoms with Crippen LogP contribution in [0.2, 0.25) is 0 Å². The zero-order valence-corrected chi connectivity index (χ0v) is 10.8. The van der Waals surface area contributed by atoms with Crippen molar-refractivity contribution < 1.29 is 14.3 Å². The molecule has 18 heavy (non-hydrogen) atoms. The van der Waals surface area contributed by atoms with Crippen molar-refractivity contribution in [3.63, 3.8) is 0 Å². The Bertz CT molecular complexity index is 402. The molecule has 0 aromatic heterocycles. The fourth-order valence-corrected chi connectivity index (χ4v) is 2.47. The second-order valence-electron chi connectivity index (χ2n) is 4.54. The lowest BCUT2D eigenvalue weighted by Gasteiger charge is -2.20. The van der Waals surface area contributed by atoms with Crippen LogP contribution in [0.1, 0.15) is 19.3 Å². The monoisotopic (exact) mass is 249 g/mol. The Morgan fingerprint density at radius 2 is 1.94 bits per heavy atom. The highest BCUT2D eigenvalue weighted by Crippen LogP contribution is 2.29. The van der Waals surface area contributed by atoms with Crippen molar-refractivity contribution in [2.45, 2.75) is 25.3 Å². The van der Waals surface area contributed by atoms with Gasteiger partial charge in [-0.05, 0) is 37.1 Å². The number of esters is 1. The van der Waals surface area contributed by atoms with Gasteiger partial charge in [-0.3, -0.25) is 4.79 Å². The lowest BCUT2D eigenvalue weighted by atomic mass is 10.0. The molecule has 98 valence electrons. The Labute approximate surface area is 107 Å². The molecule has 1 fully saturated rings. The van der Waals surface area contributed by atoms with Crippen molar-refractivity contribution in [2.75, 3.05) is 19.5 Å². The molecule has 1 N–H and O–H groups in total. The van der Waals surface area contributed by atoms with Crippen LogP contribution in [0.25, 0.3) is 0 Å². The highest BCUT2D eigenvalue weighted by atomic mass is 16.5. The first-order valence-corrected chi connectivity index (χ1v) is 6.23. The quantitative estimate of drug-likeness (QED) is 0.833. The lowest BCUT2D eigenvalue weighted by molar-refractivity contribution is -0.145. The number of benzene rings is 1. The molecule has 1 aliphatic rings. The van der Waals surface area contributed by atoms with E-state index in [1.807, 2.05) is 24.3 Å². The van der Waals surface area contributed by atoms with Gasteiger partial charge in [-0.25, -0.2) is 0 Å². The van der Waals surface area contributed by atoms with Crippen molar-refractivity contribution in [3.05, 3.63) is 24.3 Å². The van der Waals surface area contributed by atoms with Gasteiger partial charge in [0.05, 0.1) is 20.1 Å². The van der Waals surface area contributed by atoms with E-state index >= 15 is 0 Å². The van der Waals surface area contributed by atoms with Gasteiger partial charge in [-0.2, -0.15) is 0 Å². The molecule has 2 atom stereocenters. The fraction of sp³-hybridized carbons (Fsp3) is 0.500. The molecule has 0 unspecified atom stereocenters. The minimum Gasteiger partial charge on any atom is -0.497 e. The summed E-state index contributed by atoms with van der Waals surface area (Å²) in [6.07, 6.45) is 2.97. The maximum atomic E-state index is 11.6. The van der Waals surface area contributed by atoms with Crippen LogP contribution in [-0.4, -0.2) is 26.2 Å². The van der Waals surface area contributed by atoms with Crippen LogP contribution in [0, 0.1) is 5.92 Å². The molecule has 1 aliphatic carbocycles. The van der Waals surface area contributed by atoms with E-state index in [-0.39, 0.29) is 17.9 Å². The number of nitrogens with one attached hydrogen (secondary N) is 1. The summed E-state index contributed by atoms with van der Waals surface area (Å²) in [4.78, 5) is 11.6. The lowest BCUT2D eigenvalue weighted by Crippen LogP contribution is -2.30. The predicted molar refractivity (Wildman–Crippen MR) is 69.8 cm³/mol. The Morgan fingerprint density at radius 1 is 1.22 bits per heavy atom. The minimum absolute atomic E-state index is 0.0305. The Morgan fingerprint density at radius 3 is 2.56 bits per heavy atom. The number of rotatable bonds is 4. The summed E-state index contributed by atoms with van der Waals surface area (Å²) in [5.74, 6) is 0.687. The van der Waals surface area contributed by atoms with Gasteiger partial charge >= 0.3 is 5.97 Å². The maximum absolute atomic E-state index is 11.6. The van der Waals surface area contributed by atoms with Crippen molar-refractivity contribution in [1.82, 2.24) is 0 Å². The Hall–Kier alpha value is -1.71. The largest absolute Gasteiger partial charge is 0.497 e. The SMILES string of the molecule is COC(=O)[C@@H]1CCC[C@@H]1Nc1ccc(OC)cc1. The molecule has 1 aromatic rings. The summed E-state index contributed by atoms with van der Waals surface area (Å²) in [5.41, 5.74) is 1.01. The number of anilines is 1. The number of carbonyl (C=O) groups is 1. The second kappa shape index (κ2) is 5.76. The maximum Gasteiger partial charge on any atom is 0.310 e. The van der Waals surface area contributed by atoms with Gasteiger partial charge in [0, 0.05) is 11.7 Å². The molecular weight excluding hydrogens is 230 g/mol. The summed E-state index contributed by atoms with van der Waals surface area (Å²) in [5, 5.41) is 3.40.